The molecule has 1 aromatic carbocycles. The summed E-state index contributed by atoms with van der Waals surface area (Å²) in [5.74, 6) is 1.36. The molecule has 0 unspecified atom stereocenters. The number of benzene rings is 1. The molecule has 0 bridgehead atoms. The molecule has 1 aromatic heterocycles. The summed E-state index contributed by atoms with van der Waals surface area (Å²) in [4.78, 5) is 4.27. The van der Waals surface area contributed by atoms with Gasteiger partial charge in [-0.1, -0.05) is 12.1 Å². The number of aliphatic hydroxyl groups is 1. The van der Waals surface area contributed by atoms with Crippen LogP contribution < -0.4 is 14.8 Å². The fourth-order valence-electron chi connectivity index (χ4n) is 2.04. The maximum atomic E-state index is 8.85. The van der Waals surface area contributed by atoms with Gasteiger partial charge in [0.2, 0.25) is 0 Å². The van der Waals surface area contributed by atoms with Crippen molar-refractivity contribution in [3.8, 4) is 11.5 Å². The molecule has 0 aliphatic rings. The summed E-state index contributed by atoms with van der Waals surface area (Å²) >= 11 is 0. The molecule has 5 heteroatoms. The first-order valence-electron chi connectivity index (χ1n) is 7.43. The Bertz CT molecular complexity index is 561. The fraction of sp³-hybridized carbons (Fsp3) is 0.353. The minimum absolute atomic E-state index is 0.0149. The molecule has 0 saturated heterocycles. The van der Waals surface area contributed by atoms with Crippen molar-refractivity contribution in [2.24, 2.45) is 0 Å². The van der Waals surface area contributed by atoms with Crippen molar-refractivity contribution in [2.45, 2.75) is 20.0 Å². The van der Waals surface area contributed by atoms with Crippen molar-refractivity contribution in [3.05, 3.63) is 53.9 Å². The standard InChI is InChI=1S/C17H22N2O3/c1-2-21-17-11-14(6-7-16(17)22-10-9-20)12-18-13-15-5-3-4-8-19-15/h3-8,11,18,20H,2,9-10,12-13H2,1H3. The van der Waals surface area contributed by atoms with Gasteiger partial charge in [0.1, 0.15) is 6.61 Å². The predicted octanol–water partition coefficient (Wildman–Crippen LogP) is 2.14. The Labute approximate surface area is 130 Å². The topological polar surface area (TPSA) is 63.6 Å². The lowest BCUT2D eigenvalue weighted by Crippen LogP contribution is -2.13. The lowest BCUT2D eigenvalue weighted by Gasteiger charge is -2.13. The van der Waals surface area contributed by atoms with Crippen LogP contribution in [0.4, 0.5) is 0 Å². The number of ether oxygens (including phenoxy) is 2. The molecule has 22 heavy (non-hydrogen) atoms. The molecular weight excluding hydrogens is 280 g/mol. The molecule has 0 spiro atoms. The summed E-state index contributed by atoms with van der Waals surface area (Å²) < 4.78 is 11.1. The summed E-state index contributed by atoms with van der Waals surface area (Å²) in [6.45, 7) is 4.18. The van der Waals surface area contributed by atoms with Gasteiger partial charge in [-0.05, 0) is 36.8 Å². The van der Waals surface area contributed by atoms with Gasteiger partial charge in [-0.15, -0.1) is 0 Å². The smallest absolute Gasteiger partial charge is 0.161 e. The Morgan fingerprint density at radius 2 is 2.00 bits per heavy atom. The Hall–Kier alpha value is -2.11. The predicted molar refractivity (Wildman–Crippen MR) is 85.0 cm³/mol. The fourth-order valence-corrected chi connectivity index (χ4v) is 2.04. The summed E-state index contributed by atoms with van der Waals surface area (Å²) in [6, 6.07) is 11.7. The molecule has 118 valence electrons. The summed E-state index contributed by atoms with van der Waals surface area (Å²) in [5, 5.41) is 12.2. The van der Waals surface area contributed by atoms with Gasteiger partial charge in [0.15, 0.2) is 11.5 Å². The van der Waals surface area contributed by atoms with E-state index in [1.165, 1.54) is 0 Å². The van der Waals surface area contributed by atoms with Gasteiger partial charge in [0, 0.05) is 19.3 Å². The molecule has 0 amide bonds. The maximum absolute atomic E-state index is 8.85. The molecule has 1 heterocycles. The highest BCUT2D eigenvalue weighted by Gasteiger charge is 2.06. The number of pyridine rings is 1. The van der Waals surface area contributed by atoms with Crippen LogP contribution in [-0.2, 0) is 13.1 Å². The molecule has 0 aliphatic heterocycles. The van der Waals surface area contributed by atoms with Crippen molar-refractivity contribution in [3.63, 3.8) is 0 Å². The molecule has 0 saturated carbocycles. The third kappa shape index (κ3) is 5.02. The van der Waals surface area contributed by atoms with Crippen molar-refractivity contribution in [2.75, 3.05) is 19.8 Å². The van der Waals surface area contributed by atoms with E-state index in [0.717, 1.165) is 17.8 Å². The number of hydrogen-bond donors (Lipinski definition) is 2. The Morgan fingerprint density at radius 1 is 1.09 bits per heavy atom. The van der Waals surface area contributed by atoms with E-state index in [4.69, 9.17) is 14.6 Å². The van der Waals surface area contributed by atoms with Crippen LogP contribution in [0.25, 0.3) is 0 Å². The van der Waals surface area contributed by atoms with Gasteiger partial charge in [-0.2, -0.15) is 0 Å². The van der Waals surface area contributed by atoms with Crippen LogP contribution in [0.1, 0.15) is 18.2 Å². The van der Waals surface area contributed by atoms with Gasteiger partial charge in [0.05, 0.1) is 18.9 Å². The molecule has 5 nitrogen and oxygen atoms in total. The number of aromatic nitrogens is 1. The van der Waals surface area contributed by atoms with Crippen molar-refractivity contribution >= 4 is 0 Å². The number of nitrogens with zero attached hydrogens (tertiary/aromatic N) is 1. The van der Waals surface area contributed by atoms with Crippen molar-refractivity contribution in [1.82, 2.24) is 10.3 Å². The molecule has 0 atom stereocenters. The van der Waals surface area contributed by atoms with Crippen LogP contribution >= 0.6 is 0 Å². The van der Waals surface area contributed by atoms with E-state index in [1.54, 1.807) is 6.20 Å². The van der Waals surface area contributed by atoms with E-state index in [1.807, 2.05) is 43.3 Å². The average Bonchev–Trinajstić information content (AvgIpc) is 2.55. The van der Waals surface area contributed by atoms with Gasteiger partial charge in [-0.25, -0.2) is 0 Å². The van der Waals surface area contributed by atoms with Crippen LogP contribution in [-0.4, -0.2) is 29.9 Å². The highest BCUT2D eigenvalue weighted by atomic mass is 16.5. The van der Waals surface area contributed by atoms with Gasteiger partial charge in [-0.3, -0.25) is 4.98 Å². The van der Waals surface area contributed by atoms with Gasteiger partial charge < -0.3 is 19.9 Å². The second-order valence-electron chi connectivity index (χ2n) is 4.71. The first kappa shape index (κ1) is 16.3. The number of hydrogen-bond acceptors (Lipinski definition) is 5. The van der Waals surface area contributed by atoms with E-state index >= 15 is 0 Å². The first-order chi connectivity index (χ1) is 10.8. The molecule has 0 radical (unpaired) electrons. The minimum atomic E-state index is -0.0149. The molecule has 0 fully saturated rings. The third-order valence-corrected chi connectivity index (χ3v) is 3.02. The van der Waals surface area contributed by atoms with E-state index in [0.29, 0.717) is 24.7 Å². The SMILES string of the molecule is CCOc1cc(CNCc2ccccn2)ccc1OCCO. The zero-order valence-electron chi connectivity index (χ0n) is 12.8. The van der Waals surface area contributed by atoms with E-state index in [9.17, 15) is 0 Å². The molecule has 2 rings (SSSR count). The normalized spacial score (nSPS) is 10.5. The second kappa shape index (κ2) is 9.02. The first-order valence-corrected chi connectivity index (χ1v) is 7.43. The Kier molecular flexibility index (Phi) is 6.67. The minimum Gasteiger partial charge on any atom is -0.490 e. The van der Waals surface area contributed by atoms with Crippen LogP contribution in [0.2, 0.25) is 0 Å². The number of nitrogens with one attached hydrogen (secondary N) is 1. The summed E-state index contributed by atoms with van der Waals surface area (Å²) in [6.07, 6.45) is 1.79. The largest absolute Gasteiger partial charge is 0.490 e. The molecule has 2 aromatic rings. The number of rotatable bonds is 9. The second-order valence-corrected chi connectivity index (χ2v) is 4.71. The lowest BCUT2D eigenvalue weighted by atomic mass is 10.2. The van der Waals surface area contributed by atoms with Gasteiger partial charge in [0.25, 0.3) is 0 Å². The van der Waals surface area contributed by atoms with Crippen molar-refractivity contribution in [1.29, 1.82) is 0 Å². The molecular formula is C17H22N2O3. The van der Waals surface area contributed by atoms with E-state index in [2.05, 4.69) is 10.3 Å². The molecule has 2 N–H and O–H groups in total. The summed E-state index contributed by atoms with van der Waals surface area (Å²) in [7, 11) is 0. The lowest BCUT2D eigenvalue weighted by molar-refractivity contribution is 0.194. The molecule has 0 aliphatic carbocycles. The van der Waals surface area contributed by atoms with Crippen LogP contribution in [0.3, 0.4) is 0 Å². The van der Waals surface area contributed by atoms with Crippen LogP contribution in [0.15, 0.2) is 42.6 Å². The van der Waals surface area contributed by atoms with Crippen LogP contribution in [0, 0.1) is 0 Å². The average molecular weight is 302 g/mol. The van der Waals surface area contributed by atoms with Crippen LogP contribution in [0.5, 0.6) is 11.5 Å². The third-order valence-electron chi connectivity index (χ3n) is 3.02. The van der Waals surface area contributed by atoms with E-state index < -0.39 is 0 Å². The van der Waals surface area contributed by atoms with Crippen molar-refractivity contribution < 1.29 is 14.6 Å². The zero-order chi connectivity index (χ0) is 15.6. The van der Waals surface area contributed by atoms with E-state index in [-0.39, 0.29) is 13.2 Å². The Balaban J connectivity index is 1.94. The highest BCUT2D eigenvalue weighted by molar-refractivity contribution is 5.43. The Morgan fingerprint density at radius 3 is 2.73 bits per heavy atom. The maximum Gasteiger partial charge on any atom is 0.161 e. The highest BCUT2D eigenvalue weighted by Crippen LogP contribution is 2.28. The summed E-state index contributed by atoms with van der Waals surface area (Å²) in [5.41, 5.74) is 2.12. The quantitative estimate of drug-likeness (QED) is 0.743. The van der Waals surface area contributed by atoms with Gasteiger partial charge >= 0.3 is 0 Å². The zero-order valence-corrected chi connectivity index (χ0v) is 12.8. The monoisotopic (exact) mass is 302 g/mol. The number of aliphatic hydroxyl groups excluding tert-OH is 1.